The molecule has 0 aromatic rings. The molecule has 1 saturated heterocycles. The molecule has 0 amide bonds. The maximum Gasteiger partial charge on any atom is 2.00 e. The Labute approximate surface area is 146 Å². The van der Waals surface area contributed by atoms with Crippen LogP contribution in [0.15, 0.2) is 0 Å². The van der Waals surface area contributed by atoms with E-state index in [1.165, 1.54) is 12.8 Å². The van der Waals surface area contributed by atoms with Crippen molar-refractivity contribution in [2.45, 2.75) is 12.8 Å². The fourth-order valence-corrected chi connectivity index (χ4v) is 1.83. The molecule has 0 unspecified atom stereocenters. The van der Waals surface area contributed by atoms with Gasteiger partial charge in [-0.05, 0) is 39.0 Å². The van der Waals surface area contributed by atoms with Gasteiger partial charge in [0.1, 0.15) is 0 Å². The van der Waals surface area contributed by atoms with Gasteiger partial charge in [-0.3, -0.25) is 0 Å². The summed E-state index contributed by atoms with van der Waals surface area (Å²) in [6, 6.07) is 0. The standard InChI is InChI=1S/C12H29N5.2ClH.Mn/c1-3-13-7-8-14-4-2-6-16-10-12-17-11-9-15-5-1;;;/h13-17H,1-12H2;2*1H;/q;;;+2/p-2. The molecular formula is C12H29Cl2MnN5. The fraction of sp³-hybridized carbons (Fsp3) is 1.00. The molecule has 20 heavy (non-hydrogen) atoms. The molecule has 5 nitrogen and oxygen atoms in total. The molecule has 1 heterocycles. The Balaban J connectivity index is -0.000000963. The minimum Gasteiger partial charge on any atom is -1.00 e. The van der Waals surface area contributed by atoms with Gasteiger partial charge in [0.25, 0.3) is 0 Å². The normalized spacial score (nSPS) is 20.4. The van der Waals surface area contributed by atoms with Gasteiger partial charge < -0.3 is 51.4 Å². The Bertz CT molecular complexity index is 99.3. The van der Waals surface area contributed by atoms with Crippen LogP contribution in [0.5, 0.6) is 0 Å². The summed E-state index contributed by atoms with van der Waals surface area (Å²) in [5.74, 6) is 0. The largest absolute Gasteiger partial charge is 2.00 e. The summed E-state index contributed by atoms with van der Waals surface area (Å²) in [6.45, 7) is 10.9. The van der Waals surface area contributed by atoms with Crippen LogP contribution in [0.25, 0.3) is 0 Å². The second-order valence-electron chi connectivity index (χ2n) is 4.46. The first-order valence-electron chi connectivity index (χ1n) is 7.04. The van der Waals surface area contributed by atoms with Crippen molar-refractivity contribution >= 4 is 0 Å². The summed E-state index contributed by atoms with van der Waals surface area (Å²) in [6.07, 6.45) is 2.42. The first kappa shape index (κ1) is 25.8. The fourth-order valence-electron chi connectivity index (χ4n) is 1.83. The third kappa shape index (κ3) is 18.9. The number of nitrogens with one attached hydrogen (secondary N) is 5. The molecule has 5 N–H and O–H groups in total. The number of hydrogen-bond acceptors (Lipinski definition) is 5. The summed E-state index contributed by atoms with van der Waals surface area (Å²) >= 11 is 0. The second-order valence-corrected chi connectivity index (χ2v) is 4.46. The zero-order valence-corrected chi connectivity index (χ0v) is 14.8. The van der Waals surface area contributed by atoms with Gasteiger partial charge in [-0.1, -0.05) is 0 Å². The number of hydrogen-bond donors (Lipinski definition) is 5. The molecule has 0 aliphatic carbocycles. The van der Waals surface area contributed by atoms with Gasteiger partial charge in [0, 0.05) is 39.3 Å². The van der Waals surface area contributed by atoms with Crippen LogP contribution in [0, 0.1) is 0 Å². The monoisotopic (exact) mass is 368 g/mol. The van der Waals surface area contributed by atoms with E-state index < -0.39 is 0 Å². The Morgan fingerprint density at radius 2 is 0.550 bits per heavy atom. The van der Waals surface area contributed by atoms with Crippen molar-refractivity contribution in [1.29, 1.82) is 0 Å². The van der Waals surface area contributed by atoms with Crippen molar-refractivity contribution < 1.29 is 41.9 Å². The van der Waals surface area contributed by atoms with Gasteiger partial charge in [0.2, 0.25) is 0 Å². The first-order chi connectivity index (χ1) is 8.50. The van der Waals surface area contributed by atoms with E-state index in [9.17, 15) is 0 Å². The number of halogens is 2. The van der Waals surface area contributed by atoms with E-state index in [4.69, 9.17) is 0 Å². The average molecular weight is 369 g/mol. The molecule has 1 rings (SSSR count). The van der Waals surface area contributed by atoms with E-state index in [-0.39, 0.29) is 41.9 Å². The van der Waals surface area contributed by atoms with Crippen molar-refractivity contribution in [3.05, 3.63) is 0 Å². The van der Waals surface area contributed by atoms with Crippen LogP contribution in [-0.4, -0.2) is 65.4 Å². The molecule has 8 heteroatoms. The zero-order valence-electron chi connectivity index (χ0n) is 12.1. The topological polar surface area (TPSA) is 60.1 Å². The Morgan fingerprint density at radius 1 is 0.350 bits per heavy atom. The molecular weight excluding hydrogens is 340 g/mol. The molecule has 1 aliphatic rings. The molecule has 0 aromatic carbocycles. The van der Waals surface area contributed by atoms with Gasteiger partial charge in [0.15, 0.2) is 0 Å². The van der Waals surface area contributed by atoms with Crippen molar-refractivity contribution in [1.82, 2.24) is 26.6 Å². The summed E-state index contributed by atoms with van der Waals surface area (Å²) in [5.41, 5.74) is 0. The summed E-state index contributed by atoms with van der Waals surface area (Å²) in [4.78, 5) is 0. The van der Waals surface area contributed by atoms with Gasteiger partial charge in [-0.2, -0.15) is 0 Å². The van der Waals surface area contributed by atoms with E-state index in [1.807, 2.05) is 0 Å². The molecule has 0 atom stereocenters. The molecule has 0 spiro atoms. The van der Waals surface area contributed by atoms with Crippen molar-refractivity contribution in [3.8, 4) is 0 Å². The minimum absolute atomic E-state index is 0. The van der Waals surface area contributed by atoms with E-state index in [0.717, 1.165) is 65.4 Å². The van der Waals surface area contributed by atoms with E-state index in [2.05, 4.69) is 26.6 Å². The second kappa shape index (κ2) is 22.2. The first-order valence-corrected chi connectivity index (χ1v) is 7.04. The van der Waals surface area contributed by atoms with Crippen LogP contribution in [-0.2, 0) is 17.1 Å². The molecule has 0 bridgehead atoms. The summed E-state index contributed by atoms with van der Waals surface area (Å²) in [5, 5.41) is 17.2. The number of rotatable bonds is 0. The minimum atomic E-state index is 0. The third-order valence-corrected chi connectivity index (χ3v) is 2.85. The Hall–Kier alpha value is 0.899. The quantitative estimate of drug-likeness (QED) is 0.275. The molecule has 0 saturated carbocycles. The van der Waals surface area contributed by atoms with Gasteiger partial charge in [-0.25, -0.2) is 0 Å². The molecule has 1 radical (unpaired) electrons. The third-order valence-electron chi connectivity index (χ3n) is 2.85. The molecule has 1 aliphatic heterocycles. The Kier molecular flexibility index (Phi) is 28.7. The van der Waals surface area contributed by atoms with E-state index >= 15 is 0 Å². The van der Waals surface area contributed by atoms with Crippen LogP contribution in [0.3, 0.4) is 0 Å². The van der Waals surface area contributed by atoms with Crippen molar-refractivity contribution in [2.24, 2.45) is 0 Å². The van der Waals surface area contributed by atoms with Crippen LogP contribution < -0.4 is 51.4 Å². The summed E-state index contributed by atoms with van der Waals surface area (Å²) in [7, 11) is 0. The predicted octanol–water partition coefficient (Wildman–Crippen LogP) is -7.27. The SMILES string of the molecule is C1CNCCNCCCNCCNCCNC1.[Cl-].[Cl-].[Mn+2]. The van der Waals surface area contributed by atoms with Crippen LogP contribution in [0.4, 0.5) is 0 Å². The maximum absolute atomic E-state index is 3.45. The molecule has 1 fully saturated rings. The van der Waals surface area contributed by atoms with E-state index in [0.29, 0.717) is 0 Å². The van der Waals surface area contributed by atoms with Gasteiger partial charge in [0.05, 0.1) is 0 Å². The average Bonchev–Trinajstić information content (AvgIpc) is 2.35. The van der Waals surface area contributed by atoms with Crippen LogP contribution >= 0.6 is 0 Å². The summed E-state index contributed by atoms with van der Waals surface area (Å²) < 4.78 is 0. The van der Waals surface area contributed by atoms with Crippen LogP contribution in [0.2, 0.25) is 0 Å². The Morgan fingerprint density at radius 3 is 0.800 bits per heavy atom. The van der Waals surface area contributed by atoms with Gasteiger partial charge >= 0.3 is 17.1 Å². The predicted molar refractivity (Wildman–Crippen MR) is 73.6 cm³/mol. The zero-order chi connectivity index (χ0) is 12.0. The molecule has 0 aromatic heterocycles. The smallest absolute Gasteiger partial charge is 1.00 e. The molecule has 123 valence electrons. The van der Waals surface area contributed by atoms with Crippen molar-refractivity contribution in [3.63, 3.8) is 0 Å². The van der Waals surface area contributed by atoms with Gasteiger partial charge in [-0.15, -0.1) is 0 Å². The van der Waals surface area contributed by atoms with E-state index in [1.54, 1.807) is 0 Å². The van der Waals surface area contributed by atoms with Crippen molar-refractivity contribution in [2.75, 3.05) is 65.4 Å². The maximum atomic E-state index is 3.45. The van der Waals surface area contributed by atoms with Crippen LogP contribution in [0.1, 0.15) is 12.8 Å².